The monoisotopic (exact) mass is 260 g/mol. The summed E-state index contributed by atoms with van der Waals surface area (Å²) in [4.78, 5) is 7.36. The Morgan fingerprint density at radius 2 is 1.89 bits per heavy atom. The second-order valence-corrected chi connectivity index (χ2v) is 4.51. The lowest BCUT2D eigenvalue weighted by Crippen LogP contribution is -1.89. The lowest BCUT2D eigenvalue weighted by molar-refractivity contribution is 0.637. The molecule has 0 saturated heterocycles. The Balaban J connectivity index is 2.02. The summed E-state index contributed by atoms with van der Waals surface area (Å²) in [6.45, 7) is 0. The Kier molecular flexibility index (Phi) is 2.76. The third-order valence-electron chi connectivity index (χ3n) is 2.81. The maximum absolute atomic E-state index is 13.7. The van der Waals surface area contributed by atoms with Gasteiger partial charge in [-0.1, -0.05) is 41.9 Å². The molecule has 0 saturated carbocycles. The molecular formula is C14H10ClFN2. The van der Waals surface area contributed by atoms with Gasteiger partial charge in [-0.3, -0.25) is 0 Å². The predicted octanol–water partition coefficient (Wildman–Crippen LogP) is 3.95. The molecular weight excluding hydrogens is 251 g/mol. The van der Waals surface area contributed by atoms with E-state index in [0.717, 1.165) is 11.4 Å². The van der Waals surface area contributed by atoms with Crippen molar-refractivity contribution in [2.24, 2.45) is 0 Å². The molecule has 1 heterocycles. The molecule has 1 N–H and O–H groups in total. The Hall–Kier alpha value is -1.87. The number of nitrogens with one attached hydrogen (secondary N) is 1. The van der Waals surface area contributed by atoms with Crippen molar-refractivity contribution in [3.8, 4) is 0 Å². The van der Waals surface area contributed by atoms with Crippen LogP contribution in [-0.4, -0.2) is 9.97 Å². The van der Waals surface area contributed by atoms with Crippen LogP contribution in [-0.2, 0) is 6.42 Å². The van der Waals surface area contributed by atoms with E-state index in [0.29, 0.717) is 17.5 Å². The molecule has 0 aliphatic rings. The molecule has 0 atom stereocenters. The van der Waals surface area contributed by atoms with E-state index in [-0.39, 0.29) is 5.02 Å². The van der Waals surface area contributed by atoms with Crippen LogP contribution in [0.5, 0.6) is 0 Å². The molecule has 18 heavy (non-hydrogen) atoms. The molecule has 0 spiro atoms. The number of aromatic amines is 1. The summed E-state index contributed by atoms with van der Waals surface area (Å²) in [6.07, 6.45) is 0.645. The van der Waals surface area contributed by atoms with Crippen LogP contribution >= 0.6 is 11.6 Å². The summed E-state index contributed by atoms with van der Waals surface area (Å²) in [5.74, 6) is 0.266. The van der Waals surface area contributed by atoms with Gasteiger partial charge in [-0.25, -0.2) is 9.37 Å². The van der Waals surface area contributed by atoms with Crippen LogP contribution in [0.4, 0.5) is 4.39 Å². The summed E-state index contributed by atoms with van der Waals surface area (Å²) < 4.78 is 13.7. The minimum absolute atomic E-state index is 0.0975. The molecule has 3 aromatic rings. The highest BCUT2D eigenvalue weighted by Gasteiger charge is 2.10. The Morgan fingerprint density at radius 1 is 1.11 bits per heavy atom. The Bertz CT molecular complexity index is 692. The van der Waals surface area contributed by atoms with Gasteiger partial charge in [0, 0.05) is 6.42 Å². The highest BCUT2D eigenvalue weighted by Crippen LogP contribution is 2.23. The van der Waals surface area contributed by atoms with Crippen LogP contribution in [0, 0.1) is 5.82 Å². The first kappa shape index (κ1) is 11.2. The van der Waals surface area contributed by atoms with Crippen LogP contribution in [0.15, 0.2) is 42.5 Å². The van der Waals surface area contributed by atoms with E-state index in [1.807, 2.05) is 30.3 Å². The number of hydrogen-bond acceptors (Lipinski definition) is 1. The van der Waals surface area contributed by atoms with E-state index in [2.05, 4.69) is 9.97 Å². The van der Waals surface area contributed by atoms with E-state index < -0.39 is 5.82 Å². The molecule has 2 nitrogen and oxygen atoms in total. The fraction of sp³-hybridized carbons (Fsp3) is 0.0714. The highest BCUT2D eigenvalue weighted by molar-refractivity contribution is 6.31. The standard InChI is InChI=1S/C14H10ClFN2/c15-10-6-7-11-14(13(10)16)18-12(17-11)8-9-4-2-1-3-5-9/h1-7H,8H2,(H,17,18). The first-order valence-electron chi connectivity index (χ1n) is 5.60. The number of benzene rings is 2. The summed E-state index contributed by atoms with van der Waals surface area (Å²) in [7, 11) is 0. The number of imidazole rings is 1. The maximum atomic E-state index is 13.7. The molecule has 0 fully saturated rings. The molecule has 0 radical (unpaired) electrons. The maximum Gasteiger partial charge on any atom is 0.169 e. The lowest BCUT2D eigenvalue weighted by atomic mass is 10.1. The SMILES string of the molecule is Fc1c(Cl)ccc2[nH]c(Cc3ccccc3)nc12. The van der Waals surface area contributed by atoms with E-state index in [1.54, 1.807) is 6.07 Å². The minimum atomic E-state index is -0.468. The van der Waals surface area contributed by atoms with Crippen molar-refractivity contribution in [2.75, 3.05) is 0 Å². The van der Waals surface area contributed by atoms with Crippen molar-refractivity contribution < 1.29 is 4.39 Å². The van der Waals surface area contributed by atoms with Crippen LogP contribution in [0.2, 0.25) is 5.02 Å². The smallest absolute Gasteiger partial charge is 0.169 e. The molecule has 0 bridgehead atoms. The third-order valence-corrected chi connectivity index (χ3v) is 3.10. The average molecular weight is 261 g/mol. The number of H-pyrrole nitrogens is 1. The van der Waals surface area contributed by atoms with Gasteiger partial charge in [0.1, 0.15) is 11.3 Å². The second kappa shape index (κ2) is 4.42. The molecule has 0 amide bonds. The summed E-state index contributed by atoms with van der Waals surface area (Å²) >= 11 is 5.73. The zero-order valence-corrected chi connectivity index (χ0v) is 10.2. The van der Waals surface area contributed by atoms with Gasteiger partial charge in [0.25, 0.3) is 0 Å². The molecule has 3 rings (SSSR count). The van der Waals surface area contributed by atoms with Gasteiger partial charge in [0.05, 0.1) is 10.5 Å². The van der Waals surface area contributed by atoms with Crippen LogP contribution in [0.1, 0.15) is 11.4 Å². The number of aromatic nitrogens is 2. The van der Waals surface area contributed by atoms with Gasteiger partial charge in [0.15, 0.2) is 5.82 Å². The van der Waals surface area contributed by atoms with E-state index in [1.165, 1.54) is 6.07 Å². The highest BCUT2D eigenvalue weighted by atomic mass is 35.5. The van der Waals surface area contributed by atoms with Crippen molar-refractivity contribution in [2.45, 2.75) is 6.42 Å². The normalized spacial score (nSPS) is 11.0. The van der Waals surface area contributed by atoms with Crippen molar-refractivity contribution in [1.29, 1.82) is 0 Å². The first-order valence-corrected chi connectivity index (χ1v) is 5.98. The summed E-state index contributed by atoms with van der Waals surface area (Å²) in [6, 6.07) is 13.2. The molecule has 1 aromatic heterocycles. The van der Waals surface area contributed by atoms with Gasteiger partial charge in [-0.2, -0.15) is 0 Å². The molecule has 2 aromatic carbocycles. The van der Waals surface area contributed by atoms with Gasteiger partial charge in [-0.15, -0.1) is 0 Å². The lowest BCUT2D eigenvalue weighted by Gasteiger charge is -1.96. The fourth-order valence-electron chi connectivity index (χ4n) is 1.94. The van der Waals surface area contributed by atoms with E-state index >= 15 is 0 Å². The molecule has 0 aliphatic carbocycles. The minimum Gasteiger partial charge on any atom is -0.342 e. The number of rotatable bonds is 2. The van der Waals surface area contributed by atoms with Gasteiger partial charge in [-0.05, 0) is 17.7 Å². The van der Waals surface area contributed by atoms with Crippen molar-refractivity contribution >= 4 is 22.6 Å². The van der Waals surface area contributed by atoms with Crippen LogP contribution < -0.4 is 0 Å². The Morgan fingerprint density at radius 3 is 2.67 bits per heavy atom. The topological polar surface area (TPSA) is 28.7 Å². The molecule has 0 unspecified atom stereocenters. The summed E-state index contributed by atoms with van der Waals surface area (Å²) in [5, 5.41) is 0.0975. The van der Waals surface area contributed by atoms with E-state index in [9.17, 15) is 4.39 Å². The average Bonchev–Trinajstić information content (AvgIpc) is 2.79. The van der Waals surface area contributed by atoms with Gasteiger partial charge in [0.2, 0.25) is 0 Å². The Labute approximate surface area is 108 Å². The van der Waals surface area contributed by atoms with Gasteiger partial charge < -0.3 is 4.98 Å². The van der Waals surface area contributed by atoms with E-state index in [4.69, 9.17) is 11.6 Å². The second-order valence-electron chi connectivity index (χ2n) is 4.10. The number of halogens is 2. The molecule has 0 aliphatic heterocycles. The zero-order valence-electron chi connectivity index (χ0n) is 9.45. The van der Waals surface area contributed by atoms with Crippen molar-refractivity contribution in [3.63, 3.8) is 0 Å². The first-order chi connectivity index (χ1) is 8.74. The van der Waals surface area contributed by atoms with Crippen LogP contribution in [0.25, 0.3) is 11.0 Å². The fourth-order valence-corrected chi connectivity index (χ4v) is 2.09. The molecule has 4 heteroatoms. The van der Waals surface area contributed by atoms with Gasteiger partial charge >= 0.3 is 0 Å². The predicted molar refractivity (Wildman–Crippen MR) is 70.3 cm³/mol. The zero-order chi connectivity index (χ0) is 12.5. The number of nitrogens with zero attached hydrogens (tertiary/aromatic N) is 1. The molecule has 90 valence electrons. The van der Waals surface area contributed by atoms with Crippen molar-refractivity contribution in [3.05, 3.63) is 64.7 Å². The number of fused-ring (bicyclic) bond motifs is 1. The largest absolute Gasteiger partial charge is 0.342 e. The summed E-state index contributed by atoms with van der Waals surface area (Å²) in [5.41, 5.74) is 2.10. The quantitative estimate of drug-likeness (QED) is 0.743. The van der Waals surface area contributed by atoms with Crippen LogP contribution in [0.3, 0.4) is 0 Å². The van der Waals surface area contributed by atoms with Crippen molar-refractivity contribution in [1.82, 2.24) is 9.97 Å². The third kappa shape index (κ3) is 1.97. The number of hydrogen-bond donors (Lipinski definition) is 1.